The van der Waals surface area contributed by atoms with Gasteiger partial charge in [-0.25, -0.2) is 13.2 Å². The second kappa shape index (κ2) is 7.27. The lowest BCUT2D eigenvalue weighted by atomic mass is 9.99. The van der Waals surface area contributed by atoms with E-state index in [1.165, 1.54) is 11.8 Å². The van der Waals surface area contributed by atoms with Gasteiger partial charge in [-0.2, -0.15) is 0 Å². The molecule has 1 N–H and O–H groups in total. The number of amides is 2. The van der Waals surface area contributed by atoms with Gasteiger partial charge in [0.1, 0.15) is 0 Å². The summed E-state index contributed by atoms with van der Waals surface area (Å²) in [5.74, 6) is 0.390. The van der Waals surface area contributed by atoms with E-state index < -0.39 is 9.84 Å². The summed E-state index contributed by atoms with van der Waals surface area (Å²) in [6.45, 7) is 1.86. The number of nitrogens with zero attached hydrogens (tertiary/aromatic N) is 1. The van der Waals surface area contributed by atoms with Crippen molar-refractivity contribution in [1.82, 2.24) is 10.2 Å². The highest BCUT2D eigenvalue weighted by molar-refractivity contribution is 7.90. The molecule has 1 aliphatic heterocycles. The Morgan fingerprint density at radius 1 is 1.12 bits per heavy atom. The van der Waals surface area contributed by atoms with E-state index in [4.69, 9.17) is 0 Å². The van der Waals surface area contributed by atoms with Crippen molar-refractivity contribution in [3.63, 3.8) is 0 Å². The van der Waals surface area contributed by atoms with Gasteiger partial charge in [0.15, 0.2) is 9.84 Å². The molecule has 0 aromatic heterocycles. The van der Waals surface area contributed by atoms with Gasteiger partial charge in [0.2, 0.25) is 0 Å². The number of hydrogen-bond acceptors (Lipinski definition) is 3. The van der Waals surface area contributed by atoms with E-state index in [1.807, 2.05) is 23.1 Å². The molecule has 2 amide bonds. The van der Waals surface area contributed by atoms with E-state index in [0.717, 1.165) is 25.1 Å². The first-order valence-electron chi connectivity index (χ1n) is 8.30. The molecular formula is C19H22N2O3S. The van der Waals surface area contributed by atoms with Crippen molar-refractivity contribution in [1.29, 1.82) is 0 Å². The highest BCUT2D eigenvalue weighted by atomic mass is 32.2. The predicted molar refractivity (Wildman–Crippen MR) is 97.2 cm³/mol. The molecule has 5 nitrogen and oxygen atoms in total. The average Bonchev–Trinajstić information content (AvgIpc) is 3.10. The van der Waals surface area contributed by atoms with Gasteiger partial charge < -0.3 is 10.2 Å². The fourth-order valence-electron chi connectivity index (χ4n) is 3.09. The van der Waals surface area contributed by atoms with E-state index in [1.54, 1.807) is 24.3 Å². The third-order valence-corrected chi connectivity index (χ3v) is 5.67. The maximum absolute atomic E-state index is 12.3. The van der Waals surface area contributed by atoms with Crippen LogP contribution in [0.1, 0.15) is 23.5 Å². The van der Waals surface area contributed by atoms with Crippen LogP contribution in [0.2, 0.25) is 0 Å². The highest BCUT2D eigenvalue weighted by Gasteiger charge is 2.26. The molecule has 0 bridgehead atoms. The monoisotopic (exact) mass is 358 g/mol. The Morgan fingerprint density at radius 2 is 1.80 bits per heavy atom. The summed E-state index contributed by atoms with van der Waals surface area (Å²) in [6.07, 6.45) is 2.15. The van der Waals surface area contributed by atoms with Crippen molar-refractivity contribution in [2.45, 2.75) is 23.8 Å². The summed E-state index contributed by atoms with van der Waals surface area (Å²) in [7, 11) is -3.19. The van der Waals surface area contributed by atoms with Crippen LogP contribution < -0.4 is 5.32 Å². The molecule has 1 aliphatic rings. The van der Waals surface area contributed by atoms with E-state index in [-0.39, 0.29) is 10.9 Å². The van der Waals surface area contributed by atoms with Crippen LogP contribution in [0.5, 0.6) is 0 Å². The molecule has 1 atom stereocenters. The molecule has 1 saturated heterocycles. The number of urea groups is 1. The zero-order chi connectivity index (χ0) is 17.9. The Morgan fingerprint density at radius 3 is 2.44 bits per heavy atom. The van der Waals surface area contributed by atoms with E-state index in [0.29, 0.717) is 12.5 Å². The number of hydrogen-bond donors (Lipinski definition) is 1. The fraction of sp³-hybridized carbons (Fsp3) is 0.316. The fourth-order valence-corrected chi connectivity index (χ4v) is 3.72. The molecule has 0 radical (unpaired) electrons. The normalized spacial score (nSPS) is 17.5. The number of carbonyl (C=O) groups excluding carboxylic acids is 1. The van der Waals surface area contributed by atoms with Crippen molar-refractivity contribution >= 4 is 15.9 Å². The number of rotatable bonds is 4. The molecule has 1 fully saturated rings. The van der Waals surface area contributed by atoms with Crippen LogP contribution in [-0.4, -0.2) is 38.7 Å². The number of nitrogens with one attached hydrogen (secondary N) is 1. The van der Waals surface area contributed by atoms with Crippen LogP contribution in [0.25, 0.3) is 0 Å². The Labute approximate surface area is 148 Å². The number of sulfone groups is 1. The topological polar surface area (TPSA) is 66.5 Å². The van der Waals surface area contributed by atoms with Gasteiger partial charge in [0.05, 0.1) is 4.90 Å². The molecule has 0 aliphatic carbocycles. The van der Waals surface area contributed by atoms with Crippen LogP contribution in [0.15, 0.2) is 59.5 Å². The van der Waals surface area contributed by atoms with E-state index in [2.05, 4.69) is 17.4 Å². The smallest absolute Gasteiger partial charge is 0.317 e. The second-order valence-electron chi connectivity index (χ2n) is 6.42. The molecule has 0 saturated carbocycles. The van der Waals surface area contributed by atoms with Crippen LogP contribution in [0, 0.1) is 0 Å². The summed E-state index contributed by atoms with van der Waals surface area (Å²) >= 11 is 0. The summed E-state index contributed by atoms with van der Waals surface area (Å²) in [5.41, 5.74) is 2.15. The van der Waals surface area contributed by atoms with Crippen LogP contribution in [0.4, 0.5) is 4.79 Å². The maximum Gasteiger partial charge on any atom is 0.317 e. The Bertz CT molecular complexity index is 833. The maximum atomic E-state index is 12.3. The Kier molecular flexibility index (Phi) is 5.08. The summed E-state index contributed by atoms with van der Waals surface area (Å²) in [5, 5.41) is 2.91. The molecule has 3 rings (SSSR count). The van der Waals surface area contributed by atoms with Crippen LogP contribution in [-0.2, 0) is 16.4 Å². The standard InChI is InChI=1S/C19H22N2O3S/c1-25(23,24)18-9-7-15(8-10-18)13-20-19(22)21-12-11-17(14-21)16-5-3-2-4-6-16/h2-10,17H,11-14H2,1H3,(H,20,22)/t17-/m0/s1. The zero-order valence-corrected chi connectivity index (χ0v) is 15.0. The summed E-state index contributed by atoms with van der Waals surface area (Å²) in [4.78, 5) is 14.5. The van der Waals surface area contributed by atoms with Crippen LogP contribution >= 0.6 is 0 Å². The van der Waals surface area contributed by atoms with Crippen molar-refractivity contribution in [2.75, 3.05) is 19.3 Å². The summed E-state index contributed by atoms with van der Waals surface area (Å²) < 4.78 is 22.9. The third-order valence-electron chi connectivity index (χ3n) is 4.54. The number of benzene rings is 2. The first-order valence-corrected chi connectivity index (χ1v) is 10.2. The van der Waals surface area contributed by atoms with Gasteiger partial charge in [-0.05, 0) is 29.7 Å². The minimum atomic E-state index is -3.19. The van der Waals surface area contributed by atoms with Crippen molar-refractivity contribution in [3.8, 4) is 0 Å². The molecule has 132 valence electrons. The van der Waals surface area contributed by atoms with E-state index in [9.17, 15) is 13.2 Å². The lowest BCUT2D eigenvalue weighted by Crippen LogP contribution is -2.37. The SMILES string of the molecule is CS(=O)(=O)c1ccc(CNC(=O)N2CC[C@H](c3ccccc3)C2)cc1. The van der Waals surface area contributed by atoms with Gasteiger partial charge in [-0.15, -0.1) is 0 Å². The summed E-state index contributed by atoms with van der Waals surface area (Å²) in [6, 6.07) is 16.8. The first-order chi connectivity index (χ1) is 11.9. The number of carbonyl (C=O) groups is 1. The zero-order valence-electron chi connectivity index (χ0n) is 14.2. The van der Waals surface area contributed by atoms with Crippen molar-refractivity contribution in [2.24, 2.45) is 0 Å². The molecule has 0 spiro atoms. The molecule has 25 heavy (non-hydrogen) atoms. The second-order valence-corrected chi connectivity index (χ2v) is 8.43. The lowest BCUT2D eigenvalue weighted by molar-refractivity contribution is 0.208. The molecule has 2 aromatic carbocycles. The average molecular weight is 358 g/mol. The Balaban J connectivity index is 1.53. The van der Waals surface area contributed by atoms with Gasteiger partial charge in [0.25, 0.3) is 0 Å². The van der Waals surface area contributed by atoms with Crippen LogP contribution in [0.3, 0.4) is 0 Å². The van der Waals surface area contributed by atoms with Gasteiger partial charge >= 0.3 is 6.03 Å². The molecule has 6 heteroatoms. The van der Waals surface area contributed by atoms with Gasteiger partial charge in [0, 0.05) is 31.8 Å². The highest BCUT2D eigenvalue weighted by Crippen LogP contribution is 2.26. The third kappa shape index (κ3) is 4.39. The number of likely N-dealkylation sites (tertiary alicyclic amines) is 1. The largest absolute Gasteiger partial charge is 0.334 e. The van der Waals surface area contributed by atoms with Crippen molar-refractivity contribution < 1.29 is 13.2 Å². The quantitative estimate of drug-likeness (QED) is 0.914. The van der Waals surface area contributed by atoms with Crippen molar-refractivity contribution in [3.05, 3.63) is 65.7 Å². The minimum absolute atomic E-state index is 0.0781. The van der Waals surface area contributed by atoms with Gasteiger partial charge in [-0.1, -0.05) is 42.5 Å². The van der Waals surface area contributed by atoms with Gasteiger partial charge in [-0.3, -0.25) is 0 Å². The first kappa shape index (κ1) is 17.5. The molecule has 1 heterocycles. The predicted octanol–water partition coefficient (Wildman–Crippen LogP) is 2.79. The Hall–Kier alpha value is -2.34. The molecule has 0 unspecified atom stereocenters. The minimum Gasteiger partial charge on any atom is -0.334 e. The van der Waals surface area contributed by atoms with E-state index >= 15 is 0 Å². The lowest BCUT2D eigenvalue weighted by Gasteiger charge is -2.17. The molecule has 2 aromatic rings. The molecular weight excluding hydrogens is 336 g/mol.